The molecular formula is C26H24N6OS. The van der Waals surface area contributed by atoms with Gasteiger partial charge < -0.3 is 16.4 Å². The lowest BCUT2D eigenvalue weighted by atomic mass is 9.97. The third-order valence-corrected chi connectivity index (χ3v) is 7.27. The SMILES string of the molecule is N#Cc1c(N)nc2sc(C(=O)N3CCN(Cc4ccccc4)CC3)c(N)c2c1-c1ccccc1. The third kappa shape index (κ3) is 3.96. The summed E-state index contributed by atoms with van der Waals surface area (Å²) in [5.74, 6) is 0.0413. The molecule has 2 aromatic carbocycles. The molecule has 1 saturated heterocycles. The first-order chi connectivity index (χ1) is 16.6. The first-order valence-corrected chi connectivity index (χ1v) is 11.9. The van der Waals surface area contributed by atoms with Gasteiger partial charge in [0.1, 0.15) is 27.2 Å². The van der Waals surface area contributed by atoms with Gasteiger partial charge in [-0.15, -0.1) is 11.3 Å². The van der Waals surface area contributed by atoms with Crippen molar-refractivity contribution < 1.29 is 4.79 Å². The smallest absolute Gasteiger partial charge is 0.266 e. The van der Waals surface area contributed by atoms with E-state index in [1.807, 2.05) is 53.4 Å². The maximum atomic E-state index is 13.5. The number of nitrogen functional groups attached to an aromatic ring is 2. The van der Waals surface area contributed by atoms with Crippen molar-refractivity contribution in [1.29, 1.82) is 5.26 Å². The molecule has 4 N–H and O–H groups in total. The molecule has 8 heteroatoms. The Morgan fingerprint density at radius 1 is 1.00 bits per heavy atom. The Kier molecular flexibility index (Phi) is 5.88. The average molecular weight is 469 g/mol. The molecule has 5 rings (SSSR count). The second-order valence-corrected chi connectivity index (χ2v) is 9.30. The van der Waals surface area contributed by atoms with Gasteiger partial charge >= 0.3 is 0 Å². The Balaban J connectivity index is 1.44. The molecule has 1 aliphatic heterocycles. The molecule has 7 nitrogen and oxygen atoms in total. The number of fused-ring (bicyclic) bond motifs is 1. The molecule has 0 spiro atoms. The van der Waals surface area contributed by atoms with Gasteiger partial charge in [0.2, 0.25) is 0 Å². The fourth-order valence-electron chi connectivity index (χ4n) is 4.43. The number of aromatic nitrogens is 1. The maximum absolute atomic E-state index is 13.5. The van der Waals surface area contributed by atoms with Gasteiger partial charge in [-0.3, -0.25) is 9.69 Å². The lowest BCUT2D eigenvalue weighted by Gasteiger charge is -2.34. The highest BCUT2D eigenvalue weighted by Gasteiger charge is 2.28. The number of nitrogens with two attached hydrogens (primary N) is 2. The van der Waals surface area contributed by atoms with Crippen LogP contribution >= 0.6 is 11.3 Å². The second kappa shape index (κ2) is 9.14. The molecule has 1 fully saturated rings. The Morgan fingerprint density at radius 2 is 1.65 bits per heavy atom. The van der Waals surface area contributed by atoms with Crippen molar-refractivity contribution in [3.63, 3.8) is 0 Å². The zero-order valence-corrected chi connectivity index (χ0v) is 19.4. The van der Waals surface area contributed by atoms with E-state index in [0.29, 0.717) is 39.4 Å². The number of carbonyl (C=O) groups is 1. The van der Waals surface area contributed by atoms with Gasteiger partial charge in [0.25, 0.3) is 5.91 Å². The number of nitrogens with zero attached hydrogens (tertiary/aromatic N) is 4. The third-order valence-electron chi connectivity index (χ3n) is 6.18. The molecule has 0 atom stereocenters. The lowest BCUT2D eigenvalue weighted by molar-refractivity contribution is 0.0634. The van der Waals surface area contributed by atoms with E-state index in [9.17, 15) is 10.1 Å². The van der Waals surface area contributed by atoms with Crippen LogP contribution in [0.25, 0.3) is 21.3 Å². The molecule has 34 heavy (non-hydrogen) atoms. The molecule has 3 heterocycles. The number of hydrogen-bond acceptors (Lipinski definition) is 7. The monoisotopic (exact) mass is 468 g/mol. The Labute approximate surface area is 201 Å². The van der Waals surface area contributed by atoms with Gasteiger partial charge in [-0.05, 0) is 11.1 Å². The van der Waals surface area contributed by atoms with Gasteiger partial charge in [0.15, 0.2) is 0 Å². The molecule has 170 valence electrons. The largest absolute Gasteiger partial charge is 0.397 e. The summed E-state index contributed by atoms with van der Waals surface area (Å²) in [5.41, 5.74) is 16.0. The van der Waals surface area contributed by atoms with Crippen LogP contribution in [0.2, 0.25) is 0 Å². The van der Waals surface area contributed by atoms with Crippen LogP contribution < -0.4 is 11.5 Å². The normalized spacial score (nSPS) is 14.3. The molecular weight excluding hydrogens is 444 g/mol. The minimum absolute atomic E-state index is 0.101. The lowest BCUT2D eigenvalue weighted by Crippen LogP contribution is -2.48. The van der Waals surface area contributed by atoms with Crippen molar-refractivity contribution >= 4 is 39.0 Å². The summed E-state index contributed by atoms with van der Waals surface area (Å²) in [4.78, 5) is 23.1. The maximum Gasteiger partial charge on any atom is 0.266 e. The number of pyridine rings is 1. The molecule has 0 radical (unpaired) electrons. The number of hydrogen-bond donors (Lipinski definition) is 2. The average Bonchev–Trinajstić information content (AvgIpc) is 3.20. The molecule has 1 amide bonds. The van der Waals surface area contributed by atoms with Crippen LogP contribution in [0.4, 0.5) is 11.5 Å². The van der Waals surface area contributed by atoms with E-state index in [1.165, 1.54) is 16.9 Å². The predicted octanol–water partition coefficient (Wildman–Crippen LogP) is 3.96. The second-order valence-electron chi connectivity index (χ2n) is 8.30. The summed E-state index contributed by atoms with van der Waals surface area (Å²) >= 11 is 1.24. The molecule has 0 unspecified atom stereocenters. The van der Waals surface area contributed by atoms with Crippen molar-refractivity contribution in [2.45, 2.75) is 6.54 Å². The van der Waals surface area contributed by atoms with Crippen LogP contribution in [0.5, 0.6) is 0 Å². The fourth-order valence-corrected chi connectivity index (χ4v) is 5.51. The zero-order chi connectivity index (χ0) is 23.7. The van der Waals surface area contributed by atoms with E-state index in [1.54, 1.807) is 0 Å². The summed E-state index contributed by atoms with van der Waals surface area (Å²) in [6, 6.07) is 22.0. The summed E-state index contributed by atoms with van der Waals surface area (Å²) in [7, 11) is 0. The van der Waals surface area contributed by atoms with Gasteiger partial charge in [-0.25, -0.2) is 4.98 Å². The molecule has 1 aliphatic rings. The highest BCUT2D eigenvalue weighted by atomic mass is 32.1. The first-order valence-electron chi connectivity index (χ1n) is 11.1. The minimum Gasteiger partial charge on any atom is -0.397 e. The number of benzene rings is 2. The van der Waals surface area contributed by atoms with Crippen molar-refractivity contribution in [1.82, 2.24) is 14.8 Å². The first kappa shape index (κ1) is 21.9. The number of rotatable bonds is 4. The van der Waals surface area contributed by atoms with E-state index in [2.05, 4.69) is 28.1 Å². The number of piperazine rings is 1. The van der Waals surface area contributed by atoms with Crippen LogP contribution in [-0.2, 0) is 6.54 Å². The standard InChI is InChI=1S/C26H24N6OS/c27-15-19-20(18-9-5-2-6-10-18)21-22(28)23(34-25(21)30-24(19)29)26(33)32-13-11-31(12-14-32)16-17-7-3-1-4-8-17/h1-10H,11-14,16,28H2,(H2,29,30). The van der Waals surface area contributed by atoms with E-state index in [-0.39, 0.29) is 17.3 Å². The molecule has 0 aliphatic carbocycles. The van der Waals surface area contributed by atoms with Crippen LogP contribution in [0, 0.1) is 11.3 Å². The number of carbonyl (C=O) groups excluding carboxylic acids is 1. The van der Waals surface area contributed by atoms with Gasteiger partial charge in [-0.2, -0.15) is 5.26 Å². The summed E-state index contributed by atoms with van der Waals surface area (Å²) in [6.45, 7) is 3.72. The van der Waals surface area contributed by atoms with Crippen LogP contribution in [0.3, 0.4) is 0 Å². The van der Waals surface area contributed by atoms with E-state index in [4.69, 9.17) is 11.5 Å². The summed E-state index contributed by atoms with van der Waals surface area (Å²) in [5, 5.41) is 10.4. The molecule has 4 aromatic rings. The number of anilines is 2. The van der Waals surface area contributed by atoms with Gasteiger partial charge in [0.05, 0.1) is 5.69 Å². The van der Waals surface area contributed by atoms with Crippen molar-refractivity contribution in [2.24, 2.45) is 0 Å². The number of amides is 1. The van der Waals surface area contributed by atoms with E-state index >= 15 is 0 Å². The molecule has 2 aromatic heterocycles. The highest BCUT2D eigenvalue weighted by Crippen LogP contribution is 2.42. The summed E-state index contributed by atoms with van der Waals surface area (Å²) in [6.07, 6.45) is 0. The van der Waals surface area contributed by atoms with Crippen molar-refractivity contribution in [3.8, 4) is 17.2 Å². The van der Waals surface area contributed by atoms with Gasteiger partial charge in [-0.1, -0.05) is 60.7 Å². The predicted molar refractivity (Wildman–Crippen MR) is 136 cm³/mol. The quantitative estimate of drug-likeness (QED) is 0.469. The van der Waals surface area contributed by atoms with Crippen LogP contribution in [0.15, 0.2) is 60.7 Å². The highest BCUT2D eigenvalue weighted by molar-refractivity contribution is 7.21. The number of nitriles is 1. The fraction of sp³-hybridized carbons (Fsp3) is 0.192. The Morgan fingerprint density at radius 3 is 2.29 bits per heavy atom. The zero-order valence-electron chi connectivity index (χ0n) is 18.6. The Hall–Kier alpha value is -3.93. The molecule has 0 saturated carbocycles. The summed E-state index contributed by atoms with van der Waals surface area (Å²) < 4.78 is 0. The van der Waals surface area contributed by atoms with E-state index < -0.39 is 0 Å². The van der Waals surface area contributed by atoms with Crippen molar-refractivity contribution in [2.75, 3.05) is 37.6 Å². The van der Waals surface area contributed by atoms with Crippen molar-refractivity contribution in [3.05, 3.63) is 76.7 Å². The van der Waals surface area contributed by atoms with Crippen LogP contribution in [0.1, 0.15) is 20.8 Å². The minimum atomic E-state index is -0.101. The Bertz CT molecular complexity index is 1390. The van der Waals surface area contributed by atoms with Crippen LogP contribution in [-0.4, -0.2) is 46.9 Å². The van der Waals surface area contributed by atoms with Gasteiger partial charge in [0, 0.05) is 43.7 Å². The topological polar surface area (TPSA) is 112 Å². The molecule has 0 bridgehead atoms. The van der Waals surface area contributed by atoms with E-state index in [0.717, 1.165) is 25.2 Å². The number of thiophene rings is 1.